The molecule has 0 fully saturated rings. The first-order valence-electron chi connectivity index (χ1n) is 7.25. The molecule has 9 heteroatoms. The molecule has 2 aromatic carbocycles. The van der Waals surface area contributed by atoms with E-state index in [1.165, 1.54) is 6.07 Å². The van der Waals surface area contributed by atoms with Gasteiger partial charge in [0.05, 0.1) is 21.7 Å². The molecule has 0 aliphatic carbocycles. The summed E-state index contributed by atoms with van der Waals surface area (Å²) in [6.45, 7) is 0. The SMILES string of the molecule is Nc1cc(CCCC(O)c2cc([N+](=O)[O-])c(Cl)cc2F)c(F)cc1Cl. The molecule has 2 rings (SSSR count). The number of anilines is 1. The second-order valence-corrected chi connectivity index (χ2v) is 6.27. The fourth-order valence-corrected chi connectivity index (χ4v) is 2.76. The van der Waals surface area contributed by atoms with E-state index in [-0.39, 0.29) is 34.1 Å². The molecular weight excluding hydrogens is 377 g/mol. The Bertz CT molecular complexity index is 818. The molecule has 2 aromatic rings. The van der Waals surface area contributed by atoms with Crippen LogP contribution in [0, 0.1) is 21.7 Å². The van der Waals surface area contributed by atoms with E-state index < -0.39 is 28.3 Å². The van der Waals surface area contributed by atoms with E-state index in [1.807, 2.05) is 0 Å². The maximum absolute atomic E-state index is 13.9. The first kappa shape index (κ1) is 19.4. The Morgan fingerprint density at radius 2 is 1.80 bits per heavy atom. The van der Waals surface area contributed by atoms with E-state index >= 15 is 0 Å². The van der Waals surface area contributed by atoms with Gasteiger partial charge in [0, 0.05) is 11.6 Å². The molecule has 0 bridgehead atoms. The van der Waals surface area contributed by atoms with Crippen molar-refractivity contribution in [3.05, 3.63) is 67.2 Å². The van der Waals surface area contributed by atoms with Gasteiger partial charge in [0.2, 0.25) is 0 Å². The molecule has 0 aliphatic heterocycles. The van der Waals surface area contributed by atoms with Crippen LogP contribution in [0.3, 0.4) is 0 Å². The Morgan fingerprint density at radius 1 is 1.16 bits per heavy atom. The van der Waals surface area contributed by atoms with Gasteiger partial charge in [0.1, 0.15) is 16.7 Å². The molecule has 1 unspecified atom stereocenters. The molecular formula is C16H14Cl2F2N2O3. The average Bonchev–Trinajstić information content (AvgIpc) is 2.51. The normalized spacial score (nSPS) is 12.2. The number of halogens is 4. The largest absolute Gasteiger partial charge is 0.398 e. The van der Waals surface area contributed by atoms with Crippen molar-refractivity contribution in [3.63, 3.8) is 0 Å². The summed E-state index contributed by atoms with van der Waals surface area (Å²) in [5.74, 6) is -1.37. The lowest BCUT2D eigenvalue weighted by molar-refractivity contribution is -0.384. The van der Waals surface area contributed by atoms with Gasteiger partial charge in [0.25, 0.3) is 5.69 Å². The van der Waals surface area contributed by atoms with Crippen LogP contribution in [0.2, 0.25) is 10.0 Å². The van der Waals surface area contributed by atoms with Crippen LogP contribution in [0.4, 0.5) is 20.2 Å². The number of hydrogen-bond donors (Lipinski definition) is 2. The number of aliphatic hydroxyl groups is 1. The summed E-state index contributed by atoms with van der Waals surface area (Å²) in [7, 11) is 0. The maximum Gasteiger partial charge on any atom is 0.288 e. The van der Waals surface area contributed by atoms with E-state index in [0.29, 0.717) is 12.0 Å². The van der Waals surface area contributed by atoms with E-state index in [4.69, 9.17) is 28.9 Å². The van der Waals surface area contributed by atoms with Crippen LogP contribution >= 0.6 is 23.2 Å². The van der Waals surface area contributed by atoms with Gasteiger partial charge in [-0.05, 0) is 43.0 Å². The van der Waals surface area contributed by atoms with Gasteiger partial charge in [-0.3, -0.25) is 10.1 Å². The summed E-state index contributed by atoms with van der Waals surface area (Å²) in [6.07, 6.45) is -0.683. The van der Waals surface area contributed by atoms with Crippen LogP contribution in [0.5, 0.6) is 0 Å². The van der Waals surface area contributed by atoms with Gasteiger partial charge < -0.3 is 10.8 Å². The fraction of sp³-hybridized carbons (Fsp3) is 0.250. The highest BCUT2D eigenvalue weighted by Gasteiger charge is 2.21. The summed E-state index contributed by atoms with van der Waals surface area (Å²) in [5, 5.41) is 20.7. The number of nitrogens with zero attached hydrogens (tertiary/aromatic N) is 1. The highest BCUT2D eigenvalue weighted by Crippen LogP contribution is 2.32. The van der Waals surface area contributed by atoms with Gasteiger partial charge in [-0.25, -0.2) is 8.78 Å². The van der Waals surface area contributed by atoms with Gasteiger partial charge in [0.15, 0.2) is 0 Å². The Hall–Kier alpha value is -1.96. The highest BCUT2D eigenvalue weighted by atomic mass is 35.5. The predicted molar refractivity (Wildman–Crippen MR) is 91.8 cm³/mol. The Balaban J connectivity index is 2.08. The van der Waals surface area contributed by atoms with Crippen molar-refractivity contribution in [3.8, 4) is 0 Å². The summed E-state index contributed by atoms with van der Waals surface area (Å²) in [5.41, 5.74) is 5.45. The van der Waals surface area contributed by atoms with Crippen molar-refractivity contribution in [2.75, 3.05) is 5.73 Å². The number of nitro groups is 1. The first-order chi connectivity index (χ1) is 11.7. The van der Waals surface area contributed by atoms with Gasteiger partial charge in [-0.15, -0.1) is 0 Å². The van der Waals surface area contributed by atoms with E-state index in [1.54, 1.807) is 0 Å². The van der Waals surface area contributed by atoms with Crippen molar-refractivity contribution in [1.29, 1.82) is 0 Å². The number of rotatable bonds is 6. The molecule has 1 atom stereocenters. The number of nitro benzene ring substituents is 1. The third kappa shape index (κ3) is 4.56. The first-order valence-corrected chi connectivity index (χ1v) is 8.01. The minimum atomic E-state index is -1.29. The van der Waals surface area contributed by atoms with Crippen LogP contribution < -0.4 is 5.73 Å². The maximum atomic E-state index is 13.9. The van der Waals surface area contributed by atoms with Gasteiger partial charge in [-0.2, -0.15) is 0 Å². The van der Waals surface area contributed by atoms with Crippen LogP contribution in [0.15, 0.2) is 24.3 Å². The van der Waals surface area contributed by atoms with Crippen LogP contribution in [0.25, 0.3) is 0 Å². The predicted octanol–water partition coefficient (Wildman–Crippen LogP) is 4.82. The van der Waals surface area contributed by atoms with E-state index in [9.17, 15) is 24.0 Å². The molecule has 0 heterocycles. The third-order valence-corrected chi connectivity index (χ3v) is 4.34. The number of aryl methyl sites for hydroxylation is 1. The summed E-state index contributed by atoms with van der Waals surface area (Å²) in [6, 6.07) is 4.20. The lowest BCUT2D eigenvalue weighted by atomic mass is 10.00. The number of nitrogens with two attached hydrogens (primary N) is 1. The molecule has 0 aliphatic rings. The topological polar surface area (TPSA) is 89.4 Å². The molecule has 0 saturated carbocycles. The molecule has 3 N–H and O–H groups in total. The second-order valence-electron chi connectivity index (χ2n) is 5.46. The number of benzene rings is 2. The summed E-state index contributed by atoms with van der Waals surface area (Å²) >= 11 is 11.3. The van der Waals surface area contributed by atoms with Crippen molar-refractivity contribution in [1.82, 2.24) is 0 Å². The van der Waals surface area contributed by atoms with E-state index in [0.717, 1.165) is 18.2 Å². The smallest absolute Gasteiger partial charge is 0.288 e. The Morgan fingerprint density at radius 3 is 2.44 bits per heavy atom. The van der Waals surface area contributed by atoms with Crippen molar-refractivity contribution >= 4 is 34.6 Å². The van der Waals surface area contributed by atoms with Crippen LogP contribution in [0.1, 0.15) is 30.1 Å². The molecule has 0 saturated heterocycles. The number of nitrogen functional groups attached to an aromatic ring is 1. The summed E-state index contributed by atoms with van der Waals surface area (Å²) < 4.78 is 27.7. The minimum Gasteiger partial charge on any atom is -0.398 e. The summed E-state index contributed by atoms with van der Waals surface area (Å²) in [4.78, 5) is 10.1. The highest BCUT2D eigenvalue weighted by molar-refractivity contribution is 6.33. The molecule has 25 heavy (non-hydrogen) atoms. The van der Waals surface area contributed by atoms with Gasteiger partial charge >= 0.3 is 0 Å². The van der Waals surface area contributed by atoms with Crippen molar-refractivity contribution in [2.24, 2.45) is 0 Å². The van der Waals surface area contributed by atoms with Crippen LogP contribution in [-0.4, -0.2) is 10.0 Å². The molecule has 0 spiro atoms. The molecule has 5 nitrogen and oxygen atoms in total. The third-order valence-electron chi connectivity index (χ3n) is 3.71. The fourth-order valence-electron chi connectivity index (χ4n) is 2.39. The minimum absolute atomic E-state index is 0.0671. The molecule has 0 radical (unpaired) electrons. The lowest BCUT2D eigenvalue weighted by Crippen LogP contribution is -2.04. The van der Waals surface area contributed by atoms with Crippen LogP contribution in [-0.2, 0) is 6.42 Å². The van der Waals surface area contributed by atoms with Gasteiger partial charge in [-0.1, -0.05) is 23.2 Å². The van der Waals surface area contributed by atoms with Crippen molar-refractivity contribution in [2.45, 2.75) is 25.4 Å². The zero-order valence-corrected chi connectivity index (χ0v) is 14.3. The second kappa shape index (κ2) is 7.95. The molecule has 0 aromatic heterocycles. The quantitative estimate of drug-likeness (QED) is 0.420. The molecule has 134 valence electrons. The Labute approximate surface area is 152 Å². The monoisotopic (exact) mass is 390 g/mol. The van der Waals surface area contributed by atoms with E-state index in [2.05, 4.69) is 0 Å². The number of aliphatic hydroxyl groups excluding tert-OH is 1. The zero-order chi connectivity index (χ0) is 18.7. The van der Waals surface area contributed by atoms with Crippen molar-refractivity contribution < 1.29 is 18.8 Å². The Kier molecular flexibility index (Phi) is 6.16. The standard InChI is InChI=1S/C16H14Cl2F2N2O3/c17-10-6-12(19)8(4-14(10)21)2-1-3-16(23)9-5-15(22(24)25)11(18)7-13(9)20/h4-7,16,23H,1-3,21H2. The molecule has 0 amide bonds. The lowest BCUT2D eigenvalue weighted by Gasteiger charge is -2.13. The zero-order valence-electron chi connectivity index (χ0n) is 12.8. The average molecular weight is 391 g/mol. The number of hydrogen-bond acceptors (Lipinski definition) is 4.